The molecule has 3 aromatic rings. The molecule has 0 saturated carbocycles. The van der Waals surface area contributed by atoms with Crippen LogP contribution in [-0.2, 0) is 0 Å². The molecule has 1 fully saturated rings. The Balaban J connectivity index is 1.36. The second-order valence-corrected chi connectivity index (χ2v) is 7.11. The maximum atomic E-state index is 12.5. The zero-order chi connectivity index (χ0) is 18.8. The molecular formula is C18H20N6O2S. The minimum Gasteiger partial charge on any atom is -0.359 e. The fraction of sp³-hybridized carbons (Fsp3) is 0.333. The Hall–Kier alpha value is -2.94. The smallest absolute Gasteiger partial charge is 0.323 e. The van der Waals surface area contributed by atoms with Gasteiger partial charge in [-0.05, 0) is 13.8 Å². The molecule has 2 aromatic heterocycles. The van der Waals surface area contributed by atoms with Crippen LogP contribution < -0.4 is 10.2 Å². The van der Waals surface area contributed by atoms with Gasteiger partial charge in [0.2, 0.25) is 5.13 Å². The average Bonchev–Trinajstić information content (AvgIpc) is 3.32. The monoisotopic (exact) mass is 384 g/mol. The third-order valence-electron chi connectivity index (χ3n) is 4.67. The quantitative estimate of drug-likeness (QED) is 0.746. The number of benzene rings is 1. The van der Waals surface area contributed by atoms with Crippen LogP contribution >= 0.6 is 11.5 Å². The van der Waals surface area contributed by atoms with Gasteiger partial charge in [-0.15, -0.1) is 0 Å². The molecule has 8 nitrogen and oxygen atoms in total. The van der Waals surface area contributed by atoms with E-state index >= 15 is 0 Å². The minimum atomic E-state index is -0.159. The Labute approximate surface area is 161 Å². The van der Waals surface area contributed by atoms with Gasteiger partial charge in [-0.25, -0.2) is 4.79 Å². The fourth-order valence-electron chi connectivity index (χ4n) is 2.86. The Bertz CT molecular complexity index is 930. The summed E-state index contributed by atoms with van der Waals surface area (Å²) >= 11 is 1.39. The molecule has 1 aliphatic rings. The number of carbonyl (C=O) groups excluding carboxylic acids is 1. The fourth-order valence-corrected chi connectivity index (χ4v) is 3.60. The van der Waals surface area contributed by atoms with Crippen molar-refractivity contribution < 1.29 is 9.32 Å². The van der Waals surface area contributed by atoms with Crippen LogP contribution in [0.3, 0.4) is 0 Å². The van der Waals surface area contributed by atoms with Crippen molar-refractivity contribution in [3.8, 4) is 11.4 Å². The molecular weight excluding hydrogens is 364 g/mol. The second kappa shape index (κ2) is 7.36. The van der Waals surface area contributed by atoms with Gasteiger partial charge in [0.15, 0.2) is 11.6 Å². The van der Waals surface area contributed by atoms with Gasteiger partial charge in [0.1, 0.15) is 5.76 Å². The highest BCUT2D eigenvalue weighted by molar-refractivity contribution is 7.09. The van der Waals surface area contributed by atoms with E-state index in [1.165, 1.54) is 11.5 Å². The maximum absolute atomic E-state index is 12.5. The molecule has 1 saturated heterocycles. The molecule has 0 bridgehead atoms. The standard InChI is InChI=1S/C18H20N6O2S/c1-12-13(2)26-21-15(12)19-17(25)23-8-10-24(11-9-23)18-20-16(22-27-18)14-6-4-3-5-7-14/h3-7H,8-11H2,1-2H3,(H,19,21,25). The number of hydrogen-bond donors (Lipinski definition) is 1. The average molecular weight is 384 g/mol. The van der Waals surface area contributed by atoms with E-state index in [-0.39, 0.29) is 6.03 Å². The van der Waals surface area contributed by atoms with Gasteiger partial charge in [-0.1, -0.05) is 35.5 Å². The summed E-state index contributed by atoms with van der Waals surface area (Å²) < 4.78 is 9.55. The predicted octanol–water partition coefficient (Wildman–Crippen LogP) is 3.16. The first kappa shape index (κ1) is 17.5. The van der Waals surface area contributed by atoms with Crippen LogP contribution in [0.4, 0.5) is 15.7 Å². The summed E-state index contributed by atoms with van der Waals surface area (Å²) in [7, 11) is 0. The van der Waals surface area contributed by atoms with Crippen molar-refractivity contribution in [3.05, 3.63) is 41.7 Å². The topological polar surface area (TPSA) is 87.4 Å². The van der Waals surface area contributed by atoms with Crippen LogP contribution in [0.1, 0.15) is 11.3 Å². The zero-order valence-corrected chi connectivity index (χ0v) is 16.0. The molecule has 4 rings (SSSR count). The minimum absolute atomic E-state index is 0.159. The molecule has 140 valence electrons. The van der Waals surface area contributed by atoms with Crippen LogP contribution in [0.15, 0.2) is 34.9 Å². The van der Waals surface area contributed by atoms with Crippen LogP contribution in [0.25, 0.3) is 11.4 Å². The van der Waals surface area contributed by atoms with E-state index in [1.54, 1.807) is 4.90 Å². The summed E-state index contributed by atoms with van der Waals surface area (Å²) in [6.45, 7) is 6.35. The molecule has 3 heterocycles. The van der Waals surface area contributed by atoms with Gasteiger partial charge in [-0.3, -0.25) is 5.32 Å². The summed E-state index contributed by atoms with van der Waals surface area (Å²) in [4.78, 5) is 21.0. The van der Waals surface area contributed by atoms with Gasteiger partial charge >= 0.3 is 6.03 Å². The predicted molar refractivity (Wildman–Crippen MR) is 104 cm³/mol. The van der Waals surface area contributed by atoms with E-state index in [0.29, 0.717) is 37.8 Å². The van der Waals surface area contributed by atoms with Crippen molar-refractivity contribution in [1.29, 1.82) is 0 Å². The Morgan fingerprint density at radius 3 is 2.56 bits per heavy atom. The summed E-state index contributed by atoms with van der Waals surface area (Å²) in [5, 5.41) is 7.59. The number of hydrogen-bond acceptors (Lipinski definition) is 7. The second-order valence-electron chi connectivity index (χ2n) is 6.38. The number of aromatic nitrogens is 3. The van der Waals surface area contributed by atoms with Crippen molar-refractivity contribution in [2.75, 3.05) is 36.4 Å². The molecule has 1 aromatic carbocycles. The van der Waals surface area contributed by atoms with Gasteiger partial charge in [0.05, 0.1) is 0 Å². The van der Waals surface area contributed by atoms with Gasteiger partial charge in [0.25, 0.3) is 0 Å². The lowest BCUT2D eigenvalue weighted by Gasteiger charge is -2.34. The van der Waals surface area contributed by atoms with E-state index in [0.717, 1.165) is 22.1 Å². The molecule has 0 spiro atoms. The number of aryl methyl sites for hydroxylation is 1. The molecule has 0 aliphatic carbocycles. The highest BCUT2D eigenvalue weighted by atomic mass is 32.1. The lowest BCUT2D eigenvalue weighted by Crippen LogP contribution is -2.50. The summed E-state index contributed by atoms with van der Waals surface area (Å²) in [6, 6.07) is 9.77. The van der Waals surface area contributed by atoms with Crippen molar-refractivity contribution in [2.45, 2.75) is 13.8 Å². The molecule has 2 amide bonds. The lowest BCUT2D eigenvalue weighted by molar-refractivity contribution is 0.208. The van der Waals surface area contributed by atoms with Gasteiger partial charge in [-0.2, -0.15) is 9.36 Å². The molecule has 0 radical (unpaired) electrons. The van der Waals surface area contributed by atoms with Crippen LogP contribution in [0.2, 0.25) is 0 Å². The van der Waals surface area contributed by atoms with E-state index < -0.39 is 0 Å². The number of rotatable bonds is 3. The molecule has 0 unspecified atom stereocenters. The summed E-state index contributed by atoms with van der Waals surface area (Å²) in [5.41, 5.74) is 1.86. The Kier molecular flexibility index (Phi) is 4.76. The van der Waals surface area contributed by atoms with Crippen LogP contribution in [0, 0.1) is 13.8 Å². The molecule has 27 heavy (non-hydrogen) atoms. The van der Waals surface area contributed by atoms with E-state index in [2.05, 4.69) is 24.7 Å². The molecule has 9 heteroatoms. The number of anilines is 2. The number of nitrogens with zero attached hydrogens (tertiary/aromatic N) is 5. The molecule has 0 atom stereocenters. The number of piperazine rings is 1. The number of amides is 2. The maximum Gasteiger partial charge on any atom is 0.323 e. The largest absolute Gasteiger partial charge is 0.359 e. The van der Waals surface area contributed by atoms with Gasteiger partial charge in [0, 0.05) is 48.8 Å². The van der Waals surface area contributed by atoms with Gasteiger partial charge < -0.3 is 14.3 Å². The molecule has 1 aliphatic heterocycles. The SMILES string of the molecule is Cc1onc(NC(=O)N2CCN(c3nc(-c4ccccc4)ns3)CC2)c1C. The Morgan fingerprint density at radius 2 is 1.89 bits per heavy atom. The highest BCUT2D eigenvalue weighted by Crippen LogP contribution is 2.25. The number of carbonyl (C=O) groups is 1. The van der Waals surface area contributed by atoms with E-state index in [9.17, 15) is 4.79 Å². The van der Waals surface area contributed by atoms with E-state index in [4.69, 9.17) is 4.52 Å². The van der Waals surface area contributed by atoms with Crippen LogP contribution in [0.5, 0.6) is 0 Å². The number of nitrogens with one attached hydrogen (secondary N) is 1. The summed E-state index contributed by atoms with van der Waals surface area (Å²) in [5.74, 6) is 1.94. The summed E-state index contributed by atoms with van der Waals surface area (Å²) in [6.07, 6.45) is 0. The third-order valence-corrected chi connectivity index (χ3v) is 5.44. The normalized spacial score (nSPS) is 14.4. The highest BCUT2D eigenvalue weighted by Gasteiger charge is 2.24. The van der Waals surface area contributed by atoms with Crippen LogP contribution in [-0.4, -0.2) is 51.6 Å². The zero-order valence-electron chi connectivity index (χ0n) is 15.2. The lowest BCUT2D eigenvalue weighted by atomic mass is 10.2. The number of urea groups is 1. The van der Waals surface area contributed by atoms with E-state index in [1.807, 2.05) is 44.2 Å². The van der Waals surface area contributed by atoms with Crippen molar-refractivity contribution in [2.24, 2.45) is 0 Å². The van der Waals surface area contributed by atoms with Crippen molar-refractivity contribution in [3.63, 3.8) is 0 Å². The first-order valence-electron chi connectivity index (χ1n) is 8.74. The first-order chi connectivity index (χ1) is 13.1. The van der Waals surface area contributed by atoms with Crippen molar-refractivity contribution >= 4 is 28.5 Å². The third kappa shape index (κ3) is 3.63. The first-order valence-corrected chi connectivity index (χ1v) is 9.52. The Morgan fingerprint density at radius 1 is 1.15 bits per heavy atom. The molecule has 1 N–H and O–H groups in total. The van der Waals surface area contributed by atoms with Crippen molar-refractivity contribution in [1.82, 2.24) is 19.4 Å².